The Kier molecular flexibility index (Phi) is 2.83. The Labute approximate surface area is 75.5 Å². The van der Waals surface area contributed by atoms with Gasteiger partial charge in [-0.1, -0.05) is 18.2 Å². The molecule has 0 unspecified atom stereocenters. The van der Waals surface area contributed by atoms with E-state index in [2.05, 4.69) is 28.1 Å². The second-order valence-electron chi connectivity index (χ2n) is 2.55. The third-order valence-electron chi connectivity index (χ3n) is 1.40. The van der Waals surface area contributed by atoms with Gasteiger partial charge in [-0.3, -0.25) is 0 Å². The molecule has 1 nitrogen and oxygen atoms in total. The summed E-state index contributed by atoms with van der Waals surface area (Å²) in [6, 6.07) is 10.2. The molecule has 0 N–H and O–H groups in total. The minimum absolute atomic E-state index is 1.11. The minimum Gasteiger partial charge on any atom is -0.229 e. The highest BCUT2D eigenvalue weighted by atomic mass is 79.9. The Balaban J connectivity index is 3.04. The molecular formula is C9H11BrN+. The highest BCUT2D eigenvalue weighted by molar-refractivity contribution is 9.18. The average molecular weight is 213 g/mol. The molecule has 0 saturated heterocycles. The molecule has 0 aliphatic rings. The number of halogens is 1. The number of nitrogens with zero attached hydrogens (tertiary/aromatic N) is 1. The first-order valence-electron chi connectivity index (χ1n) is 3.47. The van der Waals surface area contributed by atoms with Gasteiger partial charge in [-0.2, -0.15) is 0 Å². The summed E-state index contributed by atoms with van der Waals surface area (Å²) in [4.78, 5) is 0. The molecule has 0 radical (unpaired) electrons. The molecule has 0 aromatic heterocycles. The summed E-state index contributed by atoms with van der Waals surface area (Å²) in [5, 5.41) is 0. The van der Waals surface area contributed by atoms with Crippen LogP contribution in [0.15, 0.2) is 30.3 Å². The van der Waals surface area contributed by atoms with E-state index in [1.54, 1.807) is 0 Å². The van der Waals surface area contributed by atoms with Crippen molar-refractivity contribution in [1.29, 1.82) is 0 Å². The summed E-state index contributed by atoms with van der Waals surface area (Å²) in [6.07, 6.45) is 0. The summed E-state index contributed by atoms with van der Waals surface area (Å²) >= 11 is 3.49. The largest absolute Gasteiger partial charge is 0.249 e. The summed E-state index contributed by atoms with van der Waals surface area (Å²) in [6.45, 7) is 0. The normalized spacial score (nSPS) is 9.36. The van der Waals surface area contributed by atoms with Crippen LogP contribution in [0.2, 0.25) is 0 Å². The van der Waals surface area contributed by atoms with E-state index < -0.39 is 0 Å². The van der Waals surface area contributed by atoms with Crippen molar-refractivity contribution >= 4 is 20.6 Å². The van der Waals surface area contributed by atoms with Gasteiger partial charge in [-0.25, -0.2) is 4.58 Å². The monoisotopic (exact) mass is 212 g/mol. The Bertz CT molecular complexity index is 260. The van der Waals surface area contributed by atoms with Crippen molar-refractivity contribution in [1.82, 2.24) is 0 Å². The molecule has 2 heteroatoms. The molecule has 0 saturated carbocycles. The first kappa shape index (κ1) is 8.47. The van der Waals surface area contributed by atoms with Crippen molar-refractivity contribution in [3.05, 3.63) is 35.9 Å². The molecule has 1 aromatic carbocycles. The third-order valence-corrected chi connectivity index (χ3v) is 2.57. The number of hydrogen-bond acceptors (Lipinski definition) is 0. The highest BCUT2D eigenvalue weighted by Crippen LogP contribution is 2.04. The standard InChI is InChI=1S/C9H11BrN/c1-11(2)9(10)8-6-4-3-5-7-8/h3-7H,1-2H3/q+1. The Morgan fingerprint density at radius 1 is 1.18 bits per heavy atom. The van der Waals surface area contributed by atoms with Crippen LogP contribution in [0.1, 0.15) is 5.56 Å². The van der Waals surface area contributed by atoms with Gasteiger partial charge in [-0.05, 0) is 12.1 Å². The van der Waals surface area contributed by atoms with Crippen molar-refractivity contribution in [2.45, 2.75) is 0 Å². The van der Waals surface area contributed by atoms with E-state index in [9.17, 15) is 0 Å². The van der Waals surface area contributed by atoms with E-state index in [0.717, 1.165) is 4.62 Å². The molecular weight excluding hydrogens is 202 g/mol. The van der Waals surface area contributed by atoms with Crippen LogP contribution in [0.5, 0.6) is 0 Å². The molecule has 0 spiro atoms. The lowest BCUT2D eigenvalue weighted by Gasteiger charge is -1.94. The fourth-order valence-electron chi connectivity index (χ4n) is 0.834. The number of rotatable bonds is 1. The Morgan fingerprint density at radius 3 is 2.18 bits per heavy atom. The lowest BCUT2D eigenvalue weighted by Crippen LogP contribution is -2.07. The maximum absolute atomic E-state index is 3.49. The minimum atomic E-state index is 1.11. The van der Waals surface area contributed by atoms with E-state index in [1.807, 2.05) is 36.9 Å². The van der Waals surface area contributed by atoms with Crippen LogP contribution in [0.3, 0.4) is 0 Å². The SMILES string of the molecule is C[N+](C)=C(Br)c1ccccc1. The first-order valence-corrected chi connectivity index (χ1v) is 4.26. The zero-order valence-electron chi connectivity index (χ0n) is 6.71. The van der Waals surface area contributed by atoms with Gasteiger partial charge >= 0.3 is 0 Å². The smallest absolute Gasteiger partial charge is 0.229 e. The van der Waals surface area contributed by atoms with Gasteiger partial charge in [0.1, 0.15) is 14.1 Å². The maximum Gasteiger partial charge on any atom is 0.249 e. The molecule has 11 heavy (non-hydrogen) atoms. The molecule has 1 aromatic rings. The molecule has 0 aliphatic carbocycles. The fraction of sp³-hybridized carbons (Fsp3) is 0.222. The molecule has 0 bridgehead atoms. The molecule has 0 aliphatic heterocycles. The van der Waals surface area contributed by atoms with Crippen molar-refractivity contribution < 1.29 is 4.58 Å². The van der Waals surface area contributed by atoms with E-state index in [1.165, 1.54) is 5.56 Å². The number of hydrogen-bond donors (Lipinski definition) is 0. The molecule has 0 fully saturated rings. The van der Waals surface area contributed by atoms with Crippen LogP contribution < -0.4 is 0 Å². The van der Waals surface area contributed by atoms with Crippen molar-refractivity contribution in [3.8, 4) is 0 Å². The predicted octanol–water partition coefficient (Wildman–Crippen LogP) is 2.10. The topological polar surface area (TPSA) is 3.01 Å². The van der Waals surface area contributed by atoms with Gasteiger partial charge in [0.2, 0.25) is 4.62 Å². The Hall–Kier alpha value is -0.630. The average Bonchev–Trinajstić information content (AvgIpc) is 2.05. The molecule has 1 rings (SSSR count). The lowest BCUT2D eigenvalue weighted by molar-refractivity contribution is -0.460. The Morgan fingerprint density at radius 2 is 1.73 bits per heavy atom. The summed E-state index contributed by atoms with van der Waals surface area (Å²) in [5.41, 5.74) is 1.21. The zero-order valence-corrected chi connectivity index (χ0v) is 8.30. The van der Waals surface area contributed by atoms with E-state index in [-0.39, 0.29) is 0 Å². The van der Waals surface area contributed by atoms with Gasteiger partial charge in [0.25, 0.3) is 0 Å². The zero-order chi connectivity index (χ0) is 8.27. The summed E-state index contributed by atoms with van der Waals surface area (Å²) in [7, 11) is 4.02. The van der Waals surface area contributed by atoms with E-state index in [0.29, 0.717) is 0 Å². The molecule has 0 heterocycles. The predicted molar refractivity (Wildman–Crippen MR) is 51.6 cm³/mol. The highest BCUT2D eigenvalue weighted by Gasteiger charge is 2.04. The van der Waals surface area contributed by atoms with Crippen LogP contribution >= 0.6 is 15.9 Å². The van der Waals surface area contributed by atoms with E-state index >= 15 is 0 Å². The maximum atomic E-state index is 3.49. The second kappa shape index (κ2) is 3.67. The van der Waals surface area contributed by atoms with Crippen LogP contribution in [-0.4, -0.2) is 23.3 Å². The van der Waals surface area contributed by atoms with E-state index in [4.69, 9.17) is 0 Å². The van der Waals surface area contributed by atoms with Gasteiger partial charge in [0.15, 0.2) is 0 Å². The van der Waals surface area contributed by atoms with Crippen LogP contribution in [-0.2, 0) is 0 Å². The van der Waals surface area contributed by atoms with Crippen LogP contribution in [0, 0.1) is 0 Å². The van der Waals surface area contributed by atoms with Crippen LogP contribution in [0.4, 0.5) is 0 Å². The van der Waals surface area contributed by atoms with Gasteiger partial charge in [-0.15, -0.1) is 0 Å². The number of benzene rings is 1. The summed E-state index contributed by atoms with van der Waals surface area (Å²) in [5.74, 6) is 0. The molecule has 0 amide bonds. The molecule has 58 valence electrons. The lowest BCUT2D eigenvalue weighted by atomic mass is 10.2. The van der Waals surface area contributed by atoms with Crippen LogP contribution in [0.25, 0.3) is 0 Å². The third kappa shape index (κ3) is 2.15. The van der Waals surface area contributed by atoms with Gasteiger partial charge in [0, 0.05) is 15.9 Å². The first-order chi connectivity index (χ1) is 5.22. The molecule has 0 atom stereocenters. The summed E-state index contributed by atoms with van der Waals surface area (Å²) < 4.78 is 3.15. The fourth-order valence-corrected chi connectivity index (χ4v) is 1.10. The van der Waals surface area contributed by atoms with Crippen molar-refractivity contribution in [3.63, 3.8) is 0 Å². The second-order valence-corrected chi connectivity index (χ2v) is 3.30. The van der Waals surface area contributed by atoms with Crippen molar-refractivity contribution in [2.75, 3.05) is 14.1 Å². The quantitative estimate of drug-likeness (QED) is 0.496. The van der Waals surface area contributed by atoms with Gasteiger partial charge in [0.05, 0.1) is 5.56 Å². The van der Waals surface area contributed by atoms with Crippen molar-refractivity contribution in [2.24, 2.45) is 0 Å². The van der Waals surface area contributed by atoms with Gasteiger partial charge < -0.3 is 0 Å².